The third kappa shape index (κ3) is 7.72. The van der Waals surface area contributed by atoms with E-state index in [1.165, 1.54) is 63.4 Å². The average molecular weight is 398 g/mol. The fourth-order valence-electron chi connectivity index (χ4n) is 3.85. The van der Waals surface area contributed by atoms with Crippen LogP contribution in [0.2, 0.25) is 0 Å². The Morgan fingerprint density at radius 1 is 0.966 bits per heavy atom. The van der Waals surface area contributed by atoms with Crippen LogP contribution < -0.4 is 10.3 Å². The Hall–Kier alpha value is -2.03. The van der Waals surface area contributed by atoms with E-state index in [2.05, 4.69) is 38.6 Å². The fourth-order valence-corrected chi connectivity index (χ4v) is 3.85. The van der Waals surface area contributed by atoms with Crippen molar-refractivity contribution in [1.82, 2.24) is 4.57 Å². The summed E-state index contributed by atoms with van der Waals surface area (Å²) in [6.07, 6.45) is 12.7. The van der Waals surface area contributed by atoms with E-state index >= 15 is 0 Å². The van der Waals surface area contributed by atoms with Gasteiger partial charge in [0.2, 0.25) is 0 Å². The molecular weight excluding hydrogens is 358 g/mol. The number of aromatic nitrogens is 1. The largest absolute Gasteiger partial charge is 0.493 e. The van der Waals surface area contributed by atoms with Gasteiger partial charge in [-0.15, -0.1) is 6.58 Å². The standard InChI is InChI=1S/C26H39NO2/c1-5-27-24-19-22(4)16-17-23(24)25(20-26(27)28)29-18-14-12-10-8-6-7-9-11-13-15-21(2)3/h16-17,19-20H,2,5-15,18H2,1,3-4H3. The first-order chi connectivity index (χ1) is 14.0. The summed E-state index contributed by atoms with van der Waals surface area (Å²) in [5, 5.41) is 1.03. The Labute approximate surface area is 176 Å². The highest BCUT2D eigenvalue weighted by Crippen LogP contribution is 2.25. The molecule has 1 aromatic heterocycles. The van der Waals surface area contributed by atoms with E-state index in [0.717, 1.165) is 28.6 Å². The molecule has 0 saturated carbocycles. The zero-order valence-corrected chi connectivity index (χ0v) is 18.8. The molecule has 1 heterocycles. The van der Waals surface area contributed by atoms with E-state index in [1.807, 2.05) is 11.5 Å². The minimum absolute atomic E-state index is 0.0175. The van der Waals surface area contributed by atoms with Crippen LogP contribution in [0.3, 0.4) is 0 Å². The number of hydrogen-bond donors (Lipinski definition) is 0. The van der Waals surface area contributed by atoms with E-state index < -0.39 is 0 Å². The molecular formula is C26H39NO2. The number of fused-ring (bicyclic) bond motifs is 1. The van der Waals surface area contributed by atoms with Gasteiger partial charge < -0.3 is 9.30 Å². The van der Waals surface area contributed by atoms with Crippen molar-refractivity contribution in [3.8, 4) is 5.75 Å². The minimum Gasteiger partial charge on any atom is -0.493 e. The highest BCUT2D eigenvalue weighted by Gasteiger charge is 2.09. The SMILES string of the molecule is C=C(C)CCCCCCCCCCCOc1cc(=O)n(CC)c2cc(C)ccc12. The van der Waals surface area contributed by atoms with Gasteiger partial charge in [-0.2, -0.15) is 0 Å². The Kier molecular flexibility index (Phi) is 10.0. The molecule has 2 aromatic rings. The number of hydrogen-bond acceptors (Lipinski definition) is 2. The van der Waals surface area contributed by atoms with Gasteiger partial charge in [-0.25, -0.2) is 0 Å². The Balaban J connectivity index is 1.68. The summed E-state index contributed by atoms with van der Waals surface area (Å²) in [5.74, 6) is 0.726. The van der Waals surface area contributed by atoms with Crippen LogP contribution in [0.1, 0.15) is 83.6 Å². The molecule has 160 valence electrons. The van der Waals surface area contributed by atoms with Crippen molar-refractivity contribution >= 4 is 10.9 Å². The lowest BCUT2D eigenvalue weighted by atomic mass is 10.1. The quantitative estimate of drug-likeness (QED) is 0.249. The highest BCUT2D eigenvalue weighted by atomic mass is 16.5. The fraction of sp³-hybridized carbons (Fsp3) is 0.577. The van der Waals surface area contributed by atoms with Gasteiger partial charge in [0.05, 0.1) is 12.1 Å². The number of aryl methyl sites for hydroxylation is 2. The number of nitrogens with zero attached hydrogens (tertiary/aromatic N) is 1. The van der Waals surface area contributed by atoms with Gasteiger partial charge >= 0.3 is 0 Å². The molecule has 0 amide bonds. The van der Waals surface area contributed by atoms with Crippen molar-refractivity contribution < 1.29 is 4.74 Å². The van der Waals surface area contributed by atoms with Gasteiger partial charge in [-0.3, -0.25) is 4.79 Å². The molecule has 0 radical (unpaired) electrons. The summed E-state index contributed by atoms with van der Waals surface area (Å²) in [6, 6.07) is 7.88. The van der Waals surface area contributed by atoms with Crippen LogP contribution >= 0.6 is 0 Å². The van der Waals surface area contributed by atoms with Gasteiger partial charge in [0.25, 0.3) is 5.56 Å². The Morgan fingerprint density at radius 2 is 1.59 bits per heavy atom. The minimum atomic E-state index is 0.0175. The van der Waals surface area contributed by atoms with E-state index in [0.29, 0.717) is 13.2 Å². The van der Waals surface area contributed by atoms with Crippen LogP contribution in [-0.2, 0) is 6.54 Å². The molecule has 0 spiro atoms. The molecule has 0 aliphatic carbocycles. The van der Waals surface area contributed by atoms with Crippen LogP contribution in [0.25, 0.3) is 10.9 Å². The van der Waals surface area contributed by atoms with Gasteiger partial charge in [0, 0.05) is 18.0 Å². The van der Waals surface area contributed by atoms with Crippen molar-refractivity contribution in [2.24, 2.45) is 0 Å². The molecule has 2 rings (SSSR count). The number of unbranched alkanes of at least 4 members (excludes halogenated alkanes) is 8. The normalized spacial score (nSPS) is 11.1. The van der Waals surface area contributed by atoms with Crippen molar-refractivity contribution in [3.63, 3.8) is 0 Å². The van der Waals surface area contributed by atoms with E-state index in [4.69, 9.17) is 4.74 Å². The molecule has 0 aliphatic heterocycles. The third-order valence-corrected chi connectivity index (χ3v) is 5.55. The van der Waals surface area contributed by atoms with Gasteiger partial charge in [0.1, 0.15) is 5.75 Å². The van der Waals surface area contributed by atoms with Crippen molar-refractivity contribution in [2.45, 2.75) is 91.5 Å². The maximum absolute atomic E-state index is 12.4. The molecule has 0 bridgehead atoms. The molecule has 1 aromatic carbocycles. The number of allylic oxidation sites excluding steroid dienone is 1. The van der Waals surface area contributed by atoms with Crippen LogP contribution in [0.15, 0.2) is 41.2 Å². The molecule has 3 nitrogen and oxygen atoms in total. The predicted octanol–water partition coefficient (Wildman–Crippen LogP) is 7.19. The molecule has 0 atom stereocenters. The highest BCUT2D eigenvalue weighted by molar-refractivity contribution is 5.86. The second-order valence-electron chi connectivity index (χ2n) is 8.35. The smallest absolute Gasteiger partial charge is 0.254 e. The first-order valence-electron chi connectivity index (χ1n) is 11.4. The van der Waals surface area contributed by atoms with E-state index in [-0.39, 0.29) is 5.56 Å². The summed E-state index contributed by atoms with van der Waals surface area (Å²) >= 11 is 0. The Bertz CT molecular complexity index is 834. The first-order valence-corrected chi connectivity index (χ1v) is 11.4. The summed E-state index contributed by atoms with van der Waals surface area (Å²) in [7, 11) is 0. The van der Waals surface area contributed by atoms with Crippen LogP contribution in [0.5, 0.6) is 5.75 Å². The van der Waals surface area contributed by atoms with Crippen LogP contribution in [-0.4, -0.2) is 11.2 Å². The predicted molar refractivity (Wildman–Crippen MR) is 125 cm³/mol. The van der Waals surface area contributed by atoms with Crippen LogP contribution in [0, 0.1) is 6.92 Å². The summed E-state index contributed by atoms with van der Waals surface area (Å²) in [6.45, 7) is 11.5. The molecule has 0 unspecified atom stereocenters. The zero-order valence-electron chi connectivity index (χ0n) is 18.8. The molecule has 0 aliphatic rings. The number of pyridine rings is 1. The van der Waals surface area contributed by atoms with E-state index in [9.17, 15) is 4.79 Å². The number of ether oxygens (including phenoxy) is 1. The van der Waals surface area contributed by atoms with Gasteiger partial charge in [-0.05, 0) is 57.7 Å². The van der Waals surface area contributed by atoms with Gasteiger partial charge in [0.15, 0.2) is 0 Å². The van der Waals surface area contributed by atoms with Crippen molar-refractivity contribution in [3.05, 3.63) is 52.3 Å². The average Bonchev–Trinajstić information content (AvgIpc) is 2.68. The lowest BCUT2D eigenvalue weighted by Crippen LogP contribution is -2.19. The second-order valence-corrected chi connectivity index (χ2v) is 8.35. The third-order valence-electron chi connectivity index (χ3n) is 5.55. The first kappa shape index (κ1) is 23.3. The lowest BCUT2D eigenvalue weighted by Gasteiger charge is -2.13. The molecule has 29 heavy (non-hydrogen) atoms. The maximum Gasteiger partial charge on any atom is 0.254 e. The number of rotatable bonds is 14. The number of benzene rings is 1. The summed E-state index contributed by atoms with van der Waals surface area (Å²) in [5.41, 5.74) is 3.45. The lowest BCUT2D eigenvalue weighted by molar-refractivity contribution is 0.307. The molecule has 3 heteroatoms. The maximum atomic E-state index is 12.4. The molecule has 0 fully saturated rings. The summed E-state index contributed by atoms with van der Waals surface area (Å²) < 4.78 is 7.82. The second kappa shape index (κ2) is 12.5. The van der Waals surface area contributed by atoms with Crippen molar-refractivity contribution in [1.29, 1.82) is 0 Å². The monoisotopic (exact) mass is 397 g/mol. The van der Waals surface area contributed by atoms with Crippen molar-refractivity contribution in [2.75, 3.05) is 6.61 Å². The topological polar surface area (TPSA) is 31.2 Å². The zero-order chi connectivity index (χ0) is 21.1. The van der Waals surface area contributed by atoms with Gasteiger partial charge in [-0.1, -0.05) is 56.6 Å². The molecule has 0 N–H and O–H groups in total. The molecule has 0 saturated heterocycles. The van der Waals surface area contributed by atoms with E-state index in [1.54, 1.807) is 6.07 Å². The summed E-state index contributed by atoms with van der Waals surface area (Å²) in [4.78, 5) is 12.4. The Morgan fingerprint density at radius 3 is 2.21 bits per heavy atom. The van der Waals surface area contributed by atoms with Crippen LogP contribution in [0.4, 0.5) is 0 Å².